The Labute approximate surface area is 104 Å². The Morgan fingerprint density at radius 2 is 1.75 bits per heavy atom. The molecule has 0 saturated heterocycles. The van der Waals surface area contributed by atoms with Crippen LogP contribution in [-0.4, -0.2) is 6.08 Å². The molecule has 0 radical (unpaired) electrons. The molecular weight excluding hydrogens is 266 g/mol. The second-order valence-electron chi connectivity index (χ2n) is 4.30. The van der Waals surface area contributed by atoms with Crippen molar-refractivity contribution in [1.29, 1.82) is 0 Å². The fourth-order valence-corrected chi connectivity index (χ4v) is 2.71. The molecule has 0 aliphatic heterocycles. The summed E-state index contributed by atoms with van der Waals surface area (Å²) in [6.45, 7) is 0. The first-order chi connectivity index (χ1) is 7.77. The molecule has 1 aromatic rings. The van der Waals surface area contributed by atoms with E-state index in [-0.39, 0.29) is 5.54 Å². The van der Waals surface area contributed by atoms with E-state index < -0.39 is 0 Å². The lowest BCUT2D eigenvalue weighted by Gasteiger charge is -2.32. The minimum Gasteiger partial charge on any atom is -0.211 e. The SMILES string of the molecule is O=C=NC1(c2ccc(Br)cc2)CCCCC1. The van der Waals surface area contributed by atoms with Crippen LogP contribution in [-0.2, 0) is 10.3 Å². The molecule has 1 fully saturated rings. The highest BCUT2D eigenvalue weighted by molar-refractivity contribution is 9.10. The maximum atomic E-state index is 10.6. The summed E-state index contributed by atoms with van der Waals surface area (Å²) in [5, 5.41) is 0. The normalized spacial score (nSPS) is 18.8. The number of carbonyl (C=O) groups excluding carboxylic acids is 1. The molecule has 0 spiro atoms. The number of isocyanates is 1. The Kier molecular flexibility index (Phi) is 3.57. The Morgan fingerprint density at radius 3 is 2.31 bits per heavy atom. The van der Waals surface area contributed by atoms with Crippen molar-refractivity contribution in [2.75, 3.05) is 0 Å². The minimum absolute atomic E-state index is 0.305. The minimum atomic E-state index is -0.305. The Bertz CT molecular complexity index is 400. The van der Waals surface area contributed by atoms with Crippen molar-refractivity contribution in [2.45, 2.75) is 37.6 Å². The lowest BCUT2D eigenvalue weighted by atomic mass is 9.77. The van der Waals surface area contributed by atoms with Gasteiger partial charge in [-0.05, 0) is 30.5 Å². The molecule has 2 rings (SSSR count). The van der Waals surface area contributed by atoms with Gasteiger partial charge in [0.1, 0.15) is 0 Å². The van der Waals surface area contributed by atoms with Gasteiger partial charge in [-0.1, -0.05) is 47.3 Å². The Balaban J connectivity index is 2.38. The quantitative estimate of drug-likeness (QED) is 0.596. The van der Waals surface area contributed by atoms with Crippen LogP contribution >= 0.6 is 15.9 Å². The van der Waals surface area contributed by atoms with Crippen molar-refractivity contribution in [3.63, 3.8) is 0 Å². The van der Waals surface area contributed by atoms with Crippen molar-refractivity contribution in [1.82, 2.24) is 0 Å². The summed E-state index contributed by atoms with van der Waals surface area (Å²) in [5.74, 6) is 0. The van der Waals surface area contributed by atoms with E-state index in [0.29, 0.717) is 0 Å². The van der Waals surface area contributed by atoms with Gasteiger partial charge in [-0.15, -0.1) is 0 Å². The van der Waals surface area contributed by atoms with Crippen LogP contribution in [0.5, 0.6) is 0 Å². The van der Waals surface area contributed by atoms with Gasteiger partial charge in [-0.3, -0.25) is 0 Å². The predicted octanol–water partition coefficient (Wildman–Crippen LogP) is 3.94. The van der Waals surface area contributed by atoms with Gasteiger partial charge in [0.15, 0.2) is 0 Å². The first-order valence-corrected chi connectivity index (χ1v) is 6.41. The maximum absolute atomic E-state index is 10.6. The molecular formula is C13H14BrNO. The van der Waals surface area contributed by atoms with E-state index in [2.05, 4.69) is 33.1 Å². The van der Waals surface area contributed by atoms with E-state index in [0.717, 1.165) is 35.7 Å². The number of benzene rings is 1. The summed E-state index contributed by atoms with van der Waals surface area (Å²) < 4.78 is 1.05. The van der Waals surface area contributed by atoms with Crippen LogP contribution in [0, 0.1) is 0 Å². The van der Waals surface area contributed by atoms with Gasteiger partial charge in [-0.2, -0.15) is 4.99 Å². The van der Waals surface area contributed by atoms with Crippen molar-refractivity contribution < 1.29 is 4.79 Å². The summed E-state index contributed by atoms with van der Waals surface area (Å²) in [5.41, 5.74) is 0.833. The summed E-state index contributed by atoms with van der Waals surface area (Å²) >= 11 is 3.42. The van der Waals surface area contributed by atoms with Crippen LogP contribution in [0.2, 0.25) is 0 Å². The van der Waals surface area contributed by atoms with Crippen LogP contribution in [0.15, 0.2) is 33.7 Å². The maximum Gasteiger partial charge on any atom is 0.235 e. The molecule has 0 atom stereocenters. The predicted molar refractivity (Wildman–Crippen MR) is 67.0 cm³/mol. The number of hydrogen-bond donors (Lipinski definition) is 0. The molecule has 1 aliphatic rings. The largest absolute Gasteiger partial charge is 0.235 e. The molecule has 3 heteroatoms. The molecule has 1 aliphatic carbocycles. The molecule has 0 N–H and O–H groups in total. The molecule has 16 heavy (non-hydrogen) atoms. The molecule has 0 heterocycles. The molecule has 84 valence electrons. The fraction of sp³-hybridized carbons (Fsp3) is 0.462. The van der Waals surface area contributed by atoms with Gasteiger partial charge in [0.25, 0.3) is 0 Å². The highest BCUT2D eigenvalue weighted by atomic mass is 79.9. The highest BCUT2D eigenvalue weighted by Crippen LogP contribution is 2.40. The molecule has 0 bridgehead atoms. The van der Waals surface area contributed by atoms with Crippen LogP contribution < -0.4 is 0 Å². The van der Waals surface area contributed by atoms with E-state index in [4.69, 9.17) is 0 Å². The van der Waals surface area contributed by atoms with Crippen LogP contribution in [0.3, 0.4) is 0 Å². The number of nitrogens with zero attached hydrogens (tertiary/aromatic N) is 1. The monoisotopic (exact) mass is 279 g/mol. The Morgan fingerprint density at radius 1 is 1.12 bits per heavy atom. The van der Waals surface area contributed by atoms with Gasteiger partial charge in [0.05, 0.1) is 5.54 Å². The zero-order valence-electron chi connectivity index (χ0n) is 9.08. The fourth-order valence-electron chi connectivity index (χ4n) is 2.45. The molecule has 0 aromatic heterocycles. The van der Waals surface area contributed by atoms with E-state index in [1.165, 1.54) is 6.42 Å². The van der Waals surface area contributed by atoms with Crippen molar-refractivity contribution in [3.05, 3.63) is 34.3 Å². The van der Waals surface area contributed by atoms with E-state index >= 15 is 0 Å². The molecule has 0 amide bonds. The third-order valence-corrected chi connectivity index (χ3v) is 3.85. The topological polar surface area (TPSA) is 29.4 Å². The summed E-state index contributed by atoms with van der Waals surface area (Å²) in [4.78, 5) is 14.7. The summed E-state index contributed by atoms with van der Waals surface area (Å²) in [6.07, 6.45) is 7.20. The number of hydrogen-bond acceptors (Lipinski definition) is 2. The van der Waals surface area contributed by atoms with Gasteiger partial charge < -0.3 is 0 Å². The zero-order valence-corrected chi connectivity index (χ0v) is 10.7. The van der Waals surface area contributed by atoms with Gasteiger partial charge in [0, 0.05) is 4.47 Å². The third-order valence-electron chi connectivity index (χ3n) is 3.32. The van der Waals surface area contributed by atoms with E-state index in [1.807, 2.05) is 12.1 Å². The average molecular weight is 280 g/mol. The van der Waals surface area contributed by atoms with Gasteiger partial charge >= 0.3 is 0 Å². The number of rotatable bonds is 2. The van der Waals surface area contributed by atoms with Crippen LogP contribution in [0.4, 0.5) is 0 Å². The van der Waals surface area contributed by atoms with Crippen molar-refractivity contribution >= 4 is 22.0 Å². The first-order valence-electron chi connectivity index (χ1n) is 5.62. The van der Waals surface area contributed by atoms with Gasteiger partial charge in [0.2, 0.25) is 6.08 Å². The lowest BCUT2D eigenvalue weighted by Crippen LogP contribution is -2.26. The second kappa shape index (κ2) is 4.94. The molecule has 2 nitrogen and oxygen atoms in total. The van der Waals surface area contributed by atoms with Crippen LogP contribution in [0.1, 0.15) is 37.7 Å². The molecule has 1 saturated carbocycles. The van der Waals surface area contributed by atoms with Crippen LogP contribution in [0.25, 0.3) is 0 Å². The average Bonchev–Trinajstić information content (AvgIpc) is 2.31. The number of aliphatic imine (C=N–C) groups is 1. The van der Waals surface area contributed by atoms with Crippen molar-refractivity contribution in [3.8, 4) is 0 Å². The highest BCUT2D eigenvalue weighted by Gasteiger charge is 2.33. The lowest BCUT2D eigenvalue weighted by molar-refractivity contribution is 0.304. The first kappa shape index (κ1) is 11.6. The summed E-state index contributed by atoms with van der Waals surface area (Å²) in [6, 6.07) is 8.12. The second-order valence-corrected chi connectivity index (χ2v) is 5.22. The smallest absolute Gasteiger partial charge is 0.211 e. The zero-order chi connectivity index (χ0) is 11.4. The third kappa shape index (κ3) is 2.26. The van der Waals surface area contributed by atoms with E-state index in [9.17, 15) is 4.79 Å². The van der Waals surface area contributed by atoms with E-state index in [1.54, 1.807) is 6.08 Å². The Hall–Kier alpha value is -0.920. The van der Waals surface area contributed by atoms with Gasteiger partial charge in [-0.25, -0.2) is 4.79 Å². The molecule has 1 aromatic carbocycles. The number of halogens is 1. The van der Waals surface area contributed by atoms with Crippen molar-refractivity contribution in [2.24, 2.45) is 4.99 Å². The standard InChI is InChI=1S/C13H14BrNO/c14-12-6-4-11(5-7-12)13(15-10-16)8-2-1-3-9-13/h4-7H,1-3,8-9H2. The molecule has 0 unspecified atom stereocenters. The summed E-state index contributed by atoms with van der Waals surface area (Å²) in [7, 11) is 0.